The maximum atomic E-state index is 12.5. The Labute approximate surface area is 189 Å². The molecule has 0 heterocycles. The van der Waals surface area contributed by atoms with Crippen molar-refractivity contribution in [1.82, 2.24) is 0 Å². The molecule has 3 rings (SSSR count). The van der Waals surface area contributed by atoms with Crippen LogP contribution in [-0.4, -0.2) is 18.4 Å². The van der Waals surface area contributed by atoms with Crippen molar-refractivity contribution in [3.63, 3.8) is 0 Å². The SMILES string of the molecule is CC(C)CCOc1ccc(C(=O)Nc2ccc(NC(=O)CCc3ccccc3)cc2)cc1. The molecule has 0 radical (unpaired) electrons. The normalized spacial score (nSPS) is 10.6. The number of benzene rings is 3. The number of ether oxygens (including phenoxy) is 1. The molecule has 0 aliphatic rings. The van der Waals surface area contributed by atoms with Crippen LogP contribution < -0.4 is 15.4 Å². The summed E-state index contributed by atoms with van der Waals surface area (Å²) in [4.78, 5) is 24.7. The lowest BCUT2D eigenvalue weighted by Crippen LogP contribution is -2.13. The molecule has 0 atom stereocenters. The average molecular weight is 431 g/mol. The van der Waals surface area contributed by atoms with Crippen LogP contribution in [0, 0.1) is 5.92 Å². The van der Waals surface area contributed by atoms with Crippen molar-refractivity contribution in [3.05, 3.63) is 90.0 Å². The second-order valence-corrected chi connectivity index (χ2v) is 8.12. The molecular weight excluding hydrogens is 400 g/mol. The molecule has 3 aromatic rings. The van der Waals surface area contributed by atoms with E-state index in [1.807, 2.05) is 42.5 Å². The average Bonchev–Trinajstić information content (AvgIpc) is 2.80. The van der Waals surface area contributed by atoms with E-state index in [0.717, 1.165) is 17.7 Å². The third kappa shape index (κ3) is 7.58. The van der Waals surface area contributed by atoms with Crippen LogP contribution in [0.25, 0.3) is 0 Å². The summed E-state index contributed by atoms with van der Waals surface area (Å²) in [5, 5.41) is 5.76. The van der Waals surface area contributed by atoms with E-state index in [9.17, 15) is 9.59 Å². The fourth-order valence-electron chi connectivity index (χ4n) is 3.08. The van der Waals surface area contributed by atoms with Crippen LogP contribution in [0.4, 0.5) is 11.4 Å². The number of carbonyl (C=O) groups excluding carboxylic acids is 2. The number of rotatable bonds is 10. The van der Waals surface area contributed by atoms with Gasteiger partial charge in [0.05, 0.1) is 6.61 Å². The van der Waals surface area contributed by atoms with Gasteiger partial charge >= 0.3 is 0 Å². The first-order valence-electron chi connectivity index (χ1n) is 11.0. The first-order chi connectivity index (χ1) is 15.5. The van der Waals surface area contributed by atoms with Gasteiger partial charge in [0, 0.05) is 23.4 Å². The van der Waals surface area contributed by atoms with Gasteiger partial charge in [-0.3, -0.25) is 9.59 Å². The second kappa shape index (κ2) is 11.7. The number of anilines is 2. The summed E-state index contributed by atoms with van der Waals surface area (Å²) in [5.74, 6) is 1.11. The maximum absolute atomic E-state index is 12.5. The Morgan fingerprint density at radius 3 is 2.06 bits per heavy atom. The minimum absolute atomic E-state index is 0.0404. The van der Waals surface area contributed by atoms with Crippen LogP contribution in [-0.2, 0) is 11.2 Å². The number of aryl methyl sites for hydroxylation is 1. The number of hydrogen-bond donors (Lipinski definition) is 2. The Morgan fingerprint density at radius 2 is 1.44 bits per heavy atom. The summed E-state index contributed by atoms with van der Waals surface area (Å²) in [5.41, 5.74) is 3.05. The van der Waals surface area contributed by atoms with Gasteiger partial charge in [0.1, 0.15) is 5.75 Å². The monoisotopic (exact) mass is 430 g/mol. The van der Waals surface area contributed by atoms with E-state index in [-0.39, 0.29) is 11.8 Å². The van der Waals surface area contributed by atoms with Gasteiger partial charge in [0.15, 0.2) is 0 Å². The molecule has 5 nitrogen and oxygen atoms in total. The number of hydrogen-bond acceptors (Lipinski definition) is 3. The highest BCUT2D eigenvalue weighted by atomic mass is 16.5. The van der Waals surface area contributed by atoms with Crippen molar-refractivity contribution in [3.8, 4) is 5.75 Å². The van der Waals surface area contributed by atoms with E-state index in [2.05, 4.69) is 24.5 Å². The van der Waals surface area contributed by atoms with Gasteiger partial charge in [0.2, 0.25) is 5.91 Å². The first-order valence-corrected chi connectivity index (χ1v) is 11.0. The van der Waals surface area contributed by atoms with Gasteiger partial charge in [-0.05, 0) is 72.9 Å². The lowest BCUT2D eigenvalue weighted by molar-refractivity contribution is -0.116. The molecule has 3 aromatic carbocycles. The van der Waals surface area contributed by atoms with Gasteiger partial charge in [0.25, 0.3) is 5.91 Å². The predicted molar refractivity (Wildman–Crippen MR) is 129 cm³/mol. The molecule has 5 heteroatoms. The topological polar surface area (TPSA) is 67.4 Å². The quantitative estimate of drug-likeness (QED) is 0.419. The first kappa shape index (κ1) is 23.1. The second-order valence-electron chi connectivity index (χ2n) is 8.12. The van der Waals surface area contributed by atoms with Crippen LogP contribution >= 0.6 is 0 Å². The van der Waals surface area contributed by atoms with E-state index in [1.165, 1.54) is 0 Å². The van der Waals surface area contributed by atoms with Gasteiger partial charge in [-0.1, -0.05) is 44.2 Å². The summed E-state index contributed by atoms with van der Waals surface area (Å²) in [6, 6.07) is 24.1. The molecule has 32 heavy (non-hydrogen) atoms. The Hall–Kier alpha value is -3.60. The van der Waals surface area contributed by atoms with Gasteiger partial charge in [-0.2, -0.15) is 0 Å². The molecule has 0 aromatic heterocycles. The van der Waals surface area contributed by atoms with E-state index in [4.69, 9.17) is 4.74 Å². The van der Waals surface area contributed by atoms with Crippen LogP contribution in [0.2, 0.25) is 0 Å². The van der Waals surface area contributed by atoms with Crippen molar-refractivity contribution in [2.45, 2.75) is 33.1 Å². The van der Waals surface area contributed by atoms with Gasteiger partial charge in [-0.25, -0.2) is 0 Å². The Bertz CT molecular complexity index is 997. The Kier molecular flexibility index (Phi) is 8.44. The van der Waals surface area contributed by atoms with E-state index >= 15 is 0 Å². The molecule has 2 amide bonds. The molecule has 0 fully saturated rings. The number of amides is 2. The zero-order chi connectivity index (χ0) is 22.8. The standard InChI is InChI=1S/C27H30N2O3/c1-20(2)18-19-32-25-15-9-22(10-16-25)27(31)29-24-13-11-23(12-14-24)28-26(30)17-8-21-6-4-3-5-7-21/h3-7,9-16,20H,8,17-19H2,1-2H3,(H,28,30)(H,29,31). The molecule has 0 spiro atoms. The zero-order valence-electron chi connectivity index (χ0n) is 18.6. The molecule has 0 saturated carbocycles. The van der Waals surface area contributed by atoms with E-state index < -0.39 is 0 Å². The molecule has 0 aliphatic carbocycles. The lowest BCUT2D eigenvalue weighted by Gasteiger charge is -2.10. The van der Waals surface area contributed by atoms with Crippen LogP contribution in [0.5, 0.6) is 5.75 Å². The fraction of sp³-hybridized carbons (Fsp3) is 0.259. The molecular formula is C27H30N2O3. The third-order valence-electron chi connectivity index (χ3n) is 4.99. The molecule has 166 valence electrons. The van der Waals surface area contributed by atoms with Crippen LogP contribution in [0.1, 0.15) is 42.6 Å². The third-order valence-corrected chi connectivity index (χ3v) is 4.99. The molecule has 0 aliphatic heterocycles. The Morgan fingerprint density at radius 1 is 0.812 bits per heavy atom. The van der Waals surface area contributed by atoms with Crippen LogP contribution in [0.15, 0.2) is 78.9 Å². The highest BCUT2D eigenvalue weighted by molar-refractivity contribution is 6.04. The lowest BCUT2D eigenvalue weighted by atomic mass is 10.1. The van der Waals surface area contributed by atoms with Crippen LogP contribution in [0.3, 0.4) is 0 Å². The smallest absolute Gasteiger partial charge is 0.255 e. The minimum atomic E-state index is -0.196. The molecule has 0 saturated heterocycles. The Balaban J connectivity index is 1.46. The summed E-state index contributed by atoms with van der Waals surface area (Å²) in [6.45, 7) is 4.98. The van der Waals surface area contributed by atoms with Gasteiger partial charge < -0.3 is 15.4 Å². The fourth-order valence-corrected chi connectivity index (χ4v) is 3.08. The van der Waals surface area contributed by atoms with Gasteiger partial charge in [-0.15, -0.1) is 0 Å². The summed E-state index contributed by atoms with van der Waals surface area (Å²) in [7, 11) is 0. The predicted octanol–water partition coefficient (Wildman–Crippen LogP) is 5.94. The van der Waals surface area contributed by atoms with Crippen molar-refractivity contribution >= 4 is 23.2 Å². The zero-order valence-corrected chi connectivity index (χ0v) is 18.6. The number of nitrogens with one attached hydrogen (secondary N) is 2. The van der Waals surface area contributed by atoms with E-state index in [1.54, 1.807) is 36.4 Å². The summed E-state index contributed by atoms with van der Waals surface area (Å²) < 4.78 is 5.69. The minimum Gasteiger partial charge on any atom is -0.494 e. The maximum Gasteiger partial charge on any atom is 0.255 e. The molecule has 0 unspecified atom stereocenters. The van der Waals surface area contributed by atoms with Crippen molar-refractivity contribution < 1.29 is 14.3 Å². The summed E-state index contributed by atoms with van der Waals surface area (Å²) in [6.07, 6.45) is 2.10. The highest BCUT2D eigenvalue weighted by Crippen LogP contribution is 2.17. The van der Waals surface area contributed by atoms with E-state index in [0.29, 0.717) is 42.3 Å². The largest absolute Gasteiger partial charge is 0.494 e. The van der Waals surface area contributed by atoms with Crippen molar-refractivity contribution in [1.29, 1.82) is 0 Å². The summed E-state index contributed by atoms with van der Waals surface area (Å²) >= 11 is 0. The van der Waals surface area contributed by atoms with Crippen molar-refractivity contribution in [2.24, 2.45) is 5.92 Å². The molecule has 0 bridgehead atoms. The molecule has 2 N–H and O–H groups in total. The number of carbonyl (C=O) groups is 2. The van der Waals surface area contributed by atoms with Crippen molar-refractivity contribution in [2.75, 3.05) is 17.2 Å². The highest BCUT2D eigenvalue weighted by Gasteiger charge is 2.08.